The zero-order chi connectivity index (χ0) is 18.1. The van der Waals surface area contributed by atoms with Crippen LogP contribution in [0.15, 0.2) is 30.3 Å². The van der Waals surface area contributed by atoms with Crippen LogP contribution in [0.1, 0.15) is 25.8 Å². The second kappa shape index (κ2) is 11.6. The van der Waals surface area contributed by atoms with E-state index in [0.717, 1.165) is 32.5 Å². The molecule has 0 saturated carbocycles. The molecule has 142 valence electrons. The molecule has 2 fully saturated rings. The summed E-state index contributed by atoms with van der Waals surface area (Å²) in [6.45, 7) is 3.78. The molecule has 1 aromatic rings. The van der Waals surface area contributed by atoms with Crippen LogP contribution in [0.5, 0.6) is 0 Å². The van der Waals surface area contributed by atoms with Crippen LogP contribution in [0.4, 0.5) is 0 Å². The van der Waals surface area contributed by atoms with E-state index >= 15 is 0 Å². The Morgan fingerprint density at radius 3 is 2.23 bits per heavy atom. The second-order valence-electron chi connectivity index (χ2n) is 6.61. The van der Waals surface area contributed by atoms with Gasteiger partial charge in [0.2, 0.25) is 0 Å². The lowest BCUT2D eigenvalue weighted by Crippen LogP contribution is -2.42. The SMILES string of the molecule is C.N#CC1CCN(Cc2ccccc2)CC1O.N#C[C@H]1CCNC[C@@H]1O. The van der Waals surface area contributed by atoms with E-state index < -0.39 is 12.2 Å². The molecule has 2 unspecified atom stereocenters. The number of nitriles is 2. The fraction of sp³-hybridized carbons (Fsp3) is 0.600. The zero-order valence-electron chi connectivity index (χ0n) is 14.4. The minimum Gasteiger partial charge on any atom is -0.390 e. The normalized spacial score (nSPS) is 28.5. The van der Waals surface area contributed by atoms with Crippen molar-refractivity contribution in [3.8, 4) is 12.1 Å². The van der Waals surface area contributed by atoms with Gasteiger partial charge >= 0.3 is 0 Å². The molecule has 0 spiro atoms. The van der Waals surface area contributed by atoms with Crippen molar-refractivity contribution in [3.05, 3.63) is 35.9 Å². The van der Waals surface area contributed by atoms with Crippen molar-refractivity contribution in [3.63, 3.8) is 0 Å². The van der Waals surface area contributed by atoms with Gasteiger partial charge in [0, 0.05) is 19.6 Å². The molecule has 3 rings (SSSR count). The molecule has 26 heavy (non-hydrogen) atoms. The summed E-state index contributed by atoms with van der Waals surface area (Å²) >= 11 is 0. The van der Waals surface area contributed by atoms with E-state index in [9.17, 15) is 5.11 Å². The summed E-state index contributed by atoms with van der Waals surface area (Å²) in [6.07, 6.45) is 0.591. The number of β-amino-alcohol motifs (C(OH)–C–C–N with tert-alkyl or cyclic N) is 2. The van der Waals surface area contributed by atoms with Crippen molar-refractivity contribution in [1.29, 1.82) is 10.5 Å². The maximum atomic E-state index is 9.75. The quantitative estimate of drug-likeness (QED) is 0.740. The van der Waals surface area contributed by atoms with E-state index in [1.165, 1.54) is 5.56 Å². The Hall–Kier alpha value is -1.96. The van der Waals surface area contributed by atoms with Crippen LogP contribution in [0.25, 0.3) is 0 Å². The first-order chi connectivity index (χ1) is 12.1. The Balaban J connectivity index is 0.000000290. The molecule has 2 aliphatic rings. The lowest BCUT2D eigenvalue weighted by atomic mass is 9.95. The van der Waals surface area contributed by atoms with E-state index in [1.54, 1.807) is 0 Å². The van der Waals surface area contributed by atoms with Crippen LogP contribution in [0, 0.1) is 34.5 Å². The standard InChI is InChI=1S/C13H16N2O.C6H10N2O.CH4/c14-8-12-6-7-15(10-13(12)16)9-11-4-2-1-3-5-11;7-3-5-1-2-8-4-6(5)9;/h1-5,12-13,16H,6-7,9-10H2;5-6,8-9H,1-2,4H2;1H4/t;5-,6+;/m.1./s1. The third kappa shape index (κ3) is 6.74. The average Bonchev–Trinajstić information content (AvgIpc) is 2.64. The molecule has 2 saturated heterocycles. The van der Waals surface area contributed by atoms with E-state index in [4.69, 9.17) is 15.6 Å². The number of piperidine rings is 2. The first-order valence-corrected chi connectivity index (χ1v) is 8.76. The smallest absolute Gasteiger partial charge is 0.0825 e. The summed E-state index contributed by atoms with van der Waals surface area (Å²) < 4.78 is 0. The number of likely N-dealkylation sites (tertiary alicyclic amines) is 1. The van der Waals surface area contributed by atoms with Gasteiger partial charge in [-0.3, -0.25) is 4.90 Å². The Kier molecular flexibility index (Phi) is 9.87. The Labute approximate surface area is 156 Å². The number of aliphatic hydroxyl groups is 2. The molecule has 0 amide bonds. The summed E-state index contributed by atoms with van der Waals surface area (Å²) in [7, 11) is 0. The van der Waals surface area contributed by atoms with Crippen LogP contribution < -0.4 is 5.32 Å². The van der Waals surface area contributed by atoms with Gasteiger partial charge < -0.3 is 15.5 Å². The summed E-state index contributed by atoms with van der Waals surface area (Å²) in [4.78, 5) is 2.20. The van der Waals surface area contributed by atoms with Crippen LogP contribution in [0.3, 0.4) is 0 Å². The highest BCUT2D eigenvalue weighted by molar-refractivity contribution is 5.14. The van der Waals surface area contributed by atoms with Crippen molar-refractivity contribution >= 4 is 0 Å². The maximum absolute atomic E-state index is 9.75. The Bertz CT molecular complexity index is 596. The molecule has 0 bridgehead atoms. The number of hydrogen-bond donors (Lipinski definition) is 3. The number of aliphatic hydroxyl groups excluding tert-OH is 2. The molecule has 2 heterocycles. The average molecular weight is 358 g/mol. The second-order valence-corrected chi connectivity index (χ2v) is 6.61. The Morgan fingerprint density at radius 1 is 1.04 bits per heavy atom. The number of rotatable bonds is 2. The van der Waals surface area contributed by atoms with Gasteiger partial charge in [0.05, 0.1) is 36.2 Å². The lowest BCUT2D eigenvalue weighted by molar-refractivity contribution is 0.0392. The van der Waals surface area contributed by atoms with Crippen molar-refractivity contribution < 1.29 is 10.2 Å². The summed E-state index contributed by atoms with van der Waals surface area (Å²) in [5, 5.41) is 39.1. The monoisotopic (exact) mass is 358 g/mol. The molecule has 1 aromatic carbocycles. The lowest BCUT2D eigenvalue weighted by Gasteiger charge is -2.32. The molecule has 0 aliphatic carbocycles. The molecular weight excluding hydrogens is 328 g/mol. The third-order valence-corrected chi connectivity index (χ3v) is 4.70. The minimum absolute atomic E-state index is 0. The van der Waals surface area contributed by atoms with Crippen molar-refractivity contribution in [2.75, 3.05) is 26.2 Å². The fourth-order valence-electron chi connectivity index (χ4n) is 3.13. The van der Waals surface area contributed by atoms with Crippen molar-refractivity contribution in [1.82, 2.24) is 10.2 Å². The number of benzene rings is 1. The van der Waals surface area contributed by atoms with Gasteiger partial charge in [0.15, 0.2) is 0 Å². The highest BCUT2D eigenvalue weighted by Gasteiger charge is 2.27. The molecule has 0 radical (unpaired) electrons. The van der Waals surface area contributed by atoms with Crippen LogP contribution >= 0.6 is 0 Å². The molecule has 6 nitrogen and oxygen atoms in total. The van der Waals surface area contributed by atoms with Gasteiger partial charge in [0.25, 0.3) is 0 Å². The highest BCUT2D eigenvalue weighted by atomic mass is 16.3. The van der Waals surface area contributed by atoms with E-state index in [-0.39, 0.29) is 19.3 Å². The van der Waals surface area contributed by atoms with Crippen LogP contribution in [0.2, 0.25) is 0 Å². The molecule has 3 N–H and O–H groups in total. The molecular formula is C20H30N4O2. The summed E-state index contributed by atoms with van der Waals surface area (Å²) in [5.74, 6) is -0.335. The van der Waals surface area contributed by atoms with Gasteiger partial charge in [-0.05, 0) is 31.5 Å². The first-order valence-electron chi connectivity index (χ1n) is 8.76. The largest absolute Gasteiger partial charge is 0.390 e. The highest BCUT2D eigenvalue weighted by Crippen LogP contribution is 2.18. The summed E-state index contributed by atoms with van der Waals surface area (Å²) in [6, 6.07) is 14.4. The molecule has 4 atom stereocenters. The number of nitrogens with zero attached hydrogens (tertiary/aromatic N) is 3. The van der Waals surface area contributed by atoms with Crippen molar-refractivity contribution in [2.24, 2.45) is 11.8 Å². The predicted molar refractivity (Wildman–Crippen MR) is 101 cm³/mol. The van der Waals surface area contributed by atoms with Crippen molar-refractivity contribution in [2.45, 2.75) is 39.0 Å². The molecule has 2 aliphatic heterocycles. The van der Waals surface area contributed by atoms with E-state index in [0.29, 0.717) is 13.1 Å². The predicted octanol–water partition coefficient (Wildman–Crippen LogP) is 1.51. The zero-order valence-corrected chi connectivity index (χ0v) is 14.4. The molecule has 0 aromatic heterocycles. The fourth-order valence-corrected chi connectivity index (χ4v) is 3.13. The van der Waals surface area contributed by atoms with Gasteiger partial charge in [-0.15, -0.1) is 0 Å². The summed E-state index contributed by atoms with van der Waals surface area (Å²) in [5.41, 5.74) is 1.25. The van der Waals surface area contributed by atoms with Crippen LogP contribution in [-0.4, -0.2) is 53.5 Å². The minimum atomic E-state index is -0.498. The first kappa shape index (κ1) is 22.1. The van der Waals surface area contributed by atoms with Gasteiger partial charge in [-0.2, -0.15) is 10.5 Å². The van der Waals surface area contributed by atoms with E-state index in [2.05, 4.69) is 34.5 Å². The van der Waals surface area contributed by atoms with Gasteiger partial charge in [-0.1, -0.05) is 37.8 Å². The van der Waals surface area contributed by atoms with E-state index in [1.807, 2.05) is 18.2 Å². The number of hydrogen-bond acceptors (Lipinski definition) is 6. The topological polar surface area (TPSA) is 103 Å². The van der Waals surface area contributed by atoms with Crippen LogP contribution in [-0.2, 0) is 6.54 Å². The van der Waals surface area contributed by atoms with Gasteiger partial charge in [0.1, 0.15) is 0 Å². The van der Waals surface area contributed by atoms with Gasteiger partial charge in [-0.25, -0.2) is 0 Å². The third-order valence-electron chi connectivity index (χ3n) is 4.70. The maximum Gasteiger partial charge on any atom is 0.0825 e. The molecule has 6 heteroatoms. The number of nitrogens with one attached hydrogen (secondary N) is 1. The Morgan fingerprint density at radius 2 is 1.69 bits per heavy atom.